The molecule has 0 heterocycles. The molecule has 0 spiro atoms. The Morgan fingerprint density at radius 1 is 0.526 bits per heavy atom. The molecule has 0 rings (SSSR count). The average Bonchev–Trinajstić information content (AvgIpc) is 1.76. The molecule has 0 aromatic carbocycles. The molecule has 0 radical (unpaired) electrons. The number of carboxylic acids is 4. The molecule has 0 bridgehead atoms. The predicted octanol–water partition coefficient (Wildman–Crippen LogP) is -6.56. The number of carbonyl (C=O) groups excluding carboxylic acids is 4. The SMILES string of the molecule is CC(=O)[O-].CC(=O)[O-].CC(=O)[O-].CC(=O)[O-].O.[Sr+2].[Sr+2]. The molecule has 0 aromatic rings. The monoisotopic (exact) mass is 430 g/mol. The van der Waals surface area contributed by atoms with Crippen molar-refractivity contribution in [3.05, 3.63) is 0 Å². The Balaban J connectivity index is -0.0000000192. The van der Waals surface area contributed by atoms with Gasteiger partial charge in [-0.15, -0.1) is 0 Å². The summed E-state index contributed by atoms with van der Waals surface area (Å²) in [4.78, 5) is 35.6. The van der Waals surface area contributed by atoms with Crippen LogP contribution in [0.3, 0.4) is 0 Å². The second-order valence-electron chi connectivity index (χ2n) is 1.97. The van der Waals surface area contributed by atoms with Crippen LogP contribution in [0.5, 0.6) is 0 Å². The summed E-state index contributed by atoms with van der Waals surface area (Å²) in [5.74, 6) is -4.33. The summed E-state index contributed by atoms with van der Waals surface area (Å²) < 4.78 is 0. The molecule has 104 valence electrons. The van der Waals surface area contributed by atoms with E-state index in [2.05, 4.69) is 0 Å². The molecule has 11 heteroatoms. The number of hydrogen-bond donors (Lipinski definition) is 0. The van der Waals surface area contributed by atoms with Gasteiger partial charge < -0.3 is 45.1 Å². The van der Waals surface area contributed by atoms with Crippen LogP contribution >= 0.6 is 0 Å². The number of rotatable bonds is 0. The first-order valence-electron chi connectivity index (χ1n) is 3.63. The summed E-state index contributed by atoms with van der Waals surface area (Å²) in [6, 6.07) is 0. The Labute approximate surface area is 184 Å². The first kappa shape index (κ1) is 42.7. The summed E-state index contributed by atoms with van der Waals surface area (Å²) in [6.07, 6.45) is 0. The van der Waals surface area contributed by atoms with Crippen molar-refractivity contribution < 1.29 is 45.1 Å². The zero-order valence-electron chi connectivity index (χ0n) is 11.2. The van der Waals surface area contributed by atoms with Gasteiger partial charge in [0.1, 0.15) is 0 Å². The molecule has 0 aromatic heterocycles. The molecule has 0 fully saturated rings. The number of carbonyl (C=O) groups is 4. The van der Waals surface area contributed by atoms with Crippen LogP contribution in [-0.4, -0.2) is 120 Å². The standard InChI is InChI=1S/4C2H4O2.H2O.2Sr/c4*1-2(3)4;;;/h4*1H3,(H,3,4);1H2;;/q;;;;;2*+2/p-4. The Morgan fingerprint density at radius 2 is 0.526 bits per heavy atom. The van der Waals surface area contributed by atoms with E-state index in [1.54, 1.807) is 0 Å². The fourth-order valence-corrected chi connectivity index (χ4v) is 0. The molecule has 0 aliphatic heterocycles. The van der Waals surface area contributed by atoms with Gasteiger partial charge in [0.25, 0.3) is 0 Å². The summed E-state index contributed by atoms with van der Waals surface area (Å²) in [5.41, 5.74) is 0. The van der Waals surface area contributed by atoms with Crippen molar-refractivity contribution >= 4 is 115 Å². The van der Waals surface area contributed by atoms with E-state index in [0.717, 1.165) is 27.7 Å². The molecule has 0 amide bonds. The van der Waals surface area contributed by atoms with Crippen LogP contribution in [0.2, 0.25) is 0 Å². The van der Waals surface area contributed by atoms with Crippen molar-refractivity contribution in [1.82, 2.24) is 0 Å². The fourth-order valence-electron chi connectivity index (χ4n) is 0. The molecule has 2 N–H and O–H groups in total. The zero-order chi connectivity index (χ0) is 14.3. The zero-order valence-corrected chi connectivity index (χ0v) is 18.1. The number of hydrogen-bond acceptors (Lipinski definition) is 8. The van der Waals surface area contributed by atoms with E-state index in [9.17, 15) is 0 Å². The van der Waals surface area contributed by atoms with Crippen molar-refractivity contribution in [2.75, 3.05) is 0 Å². The normalized spacial score (nSPS) is 5.26. The van der Waals surface area contributed by atoms with Gasteiger partial charge in [-0.1, -0.05) is 0 Å². The van der Waals surface area contributed by atoms with E-state index in [1.807, 2.05) is 0 Å². The van der Waals surface area contributed by atoms with Gasteiger partial charge >= 0.3 is 91.0 Å². The van der Waals surface area contributed by atoms with Crippen molar-refractivity contribution in [2.24, 2.45) is 0 Å². The van der Waals surface area contributed by atoms with E-state index in [4.69, 9.17) is 39.6 Å². The van der Waals surface area contributed by atoms with Crippen LogP contribution in [-0.2, 0) is 19.2 Å². The van der Waals surface area contributed by atoms with Gasteiger partial charge in [-0.05, 0) is 27.7 Å². The van der Waals surface area contributed by atoms with Crippen LogP contribution in [0.15, 0.2) is 0 Å². The van der Waals surface area contributed by atoms with Crippen LogP contribution in [0, 0.1) is 0 Å². The van der Waals surface area contributed by atoms with Crippen molar-refractivity contribution in [2.45, 2.75) is 27.7 Å². The largest absolute Gasteiger partial charge is 2.00 e. The molecule has 0 saturated carbocycles. The van der Waals surface area contributed by atoms with Crippen LogP contribution in [0.25, 0.3) is 0 Å². The Hall–Kier alpha value is 0.801. The van der Waals surface area contributed by atoms with Crippen LogP contribution in [0.1, 0.15) is 27.7 Å². The van der Waals surface area contributed by atoms with Crippen molar-refractivity contribution in [1.29, 1.82) is 0 Å². The topological polar surface area (TPSA) is 192 Å². The van der Waals surface area contributed by atoms with E-state index in [0.29, 0.717) is 0 Å². The third-order valence-electron chi connectivity index (χ3n) is 0. The molecule has 0 aliphatic rings. The molecule has 0 aliphatic carbocycles. The molecule has 0 atom stereocenters. The first-order chi connectivity index (χ1) is 6.93. The predicted molar refractivity (Wildman–Crippen MR) is 57.8 cm³/mol. The van der Waals surface area contributed by atoms with E-state index in [-0.39, 0.29) is 96.4 Å². The molecule has 19 heavy (non-hydrogen) atoms. The second-order valence-corrected chi connectivity index (χ2v) is 1.97. The molecule has 9 nitrogen and oxygen atoms in total. The maximum Gasteiger partial charge on any atom is 2.00 e. The Bertz CT molecular complexity index is 166. The van der Waals surface area contributed by atoms with Gasteiger partial charge in [-0.2, -0.15) is 0 Å². The van der Waals surface area contributed by atoms with Crippen LogP contribution < -0.4 is 20.4 Å². The molecule has 0 unspecified atom stereocenters. The van der Waals surface area contributed by atoms with Gasteiger partial charge in [0.05, 0.1) is 0 Å². The summed E-state index contributed by atoms with van der Waals surface area (Å²) in [6.45, 7) is 3.89. The average molecular weight is 429 g/mol. The van der Waals surface area contributed by atoms with E-state index >= 15 is 0 Å². The second kappa shape index (κ2) is 36.4. The summed E-state index contributed by atoms with van der Waals surface area (Å²) in [5, 5.41) is 35.6. The maximum atomic E-state index is 8.89. The van der Waals surface area contributed by atoms with Gasteiger partial charge in [-0.3, -0.25) is 0 Å². The Kier molecular flexibility index (Phi) is 81.7. The fraction of sp³-hybridized carbons (Fsp3) is 0.500. The van der Waals surface area contributed by atoms with Gasteiger partial charge in [0, 0.05) is 23.9 Å². The quantitative estimate of drug-likeness (QED) is 0.339. The smallest absolute Gasteiger partial charge is 0.550 e. The van der Waals surface area contributed by atoms with Gasteiger partial charge in [0.15, 0.2) is 0 Å². The Morgan fingerprint density at radius 3 is 0.526 bits per heavy atom. The maximum absolute atomic E-state index is 8.89. The first-order valence-corrected chi connectivity index (χ1v) is 3.63. The minimum atomic E-state index is -1.08. The minimum absolute atomic E-state index is 0. The number of aliphatic carboxylic acids is 4. The summed E-state index contributed by atoms with van der Waals surface area (Å²) >= 11 is 0. The van der Waals surface area contributed by atoms with Crippen molar-refractivity contribution in [3.8, 4) is 0 Å². The summed E-state index contributed by atoms with van der Waals surface area (Å²) in [7, 11) is 0. The third kappa shape index (κ3) is 8270. The number of carboxylic acid groups (broad SMARTS) is 4. The minimum Gasteiger partial charge on any atom is -0.550 e. The van der Waals surface area contributed by atoms with E-state index in [1.165, 1.54) is 0 Å². The van der Waals surface area contributed by atoms with Gasteiger partial charge in [0.2, 0.25) is 0 Å². The third-order valence-corrected chi connectivity index (χ3v) is 0. The molecular weight excluding hydrogens is 415 g/mol. The molecular formula is C8H14O9Sr2. The van der Waals surface area contributed by atoms with E-state index < -0.39 is 23.9 Å². The van der Waals surface area contributed by atoms with Crippen LogP contribution in [0.4, 0.5) is 0 Å². The molecule has 0 saturated heterocycles. The van der Waals surface area contributed by atoms with Gasteiger partial charge in [-0.25, -0.2) is 0 Å². The van der Waals surface area contributed by atoms with Crippen molar-refractivity contribution in [3.63, 3.8) is 0 Å².